The fourth-order valence-electron chi connectivity index (χ4n) is 3.40. The molecule has 0 saturated carbocycles. The van der Waals surface area contributed by atoms with E-state index in [1.54, 1.807) is 0 Å². The maximum atomic E-state index is 13.2. The molecule has 3 rings (SSSR count). The first-order valence-electron chi connectivity index (χ1n) is 9.35. The third-order valence-electron chi connectivity index (χ3n) is 4.89. The summed E-state index contributed by atoms with van der Waals surface area (Å²) in [4.78, 5) is 13.2. The van der Waals surface area contributed by atoms with Crippen LogP contribution in [0.15, 0.2) is 66.7 Å². The van der Waals surface area contributed by atoms with Crippen LogP contribution in [0, 0.1) is 13.8 Å². The monoisotopic (exact) mass is 382 g/mol. The molecule has 1 nitrogen and oxygen atoms in total. The Morgan fingerprint density at radius 3 is 1.93 bits per heavy atom. The first-order chi connectivity index (χ1) is 12.8. The zero-order valence-corrected chi connectivity index (χ0v) is 17.8. The normalized spacial score (nSPS) is 11.5. The van der Waals surface area contributed by atoms with Crippen molar-refractivity contribution in [2.45, 2.75) is 40.0 Å². The van der Waals surface area contributed by atoms with Crippen LogP contribution in [-0.4, -0.2) is 24.4 Å². The first kappa shape index (κ1) is 22.6. The Bertz CT molecular complexity index is 948. The van der Waals surface area contributed by atoms with E-state index in [4.69, 9.17) is 0 Å². The fraction of sp³-hybridized carbons (Fsp3) is 0.240. The topological polar surface area (TPSA) is 17.1 Å². The van der Waals surface area contributed by atoms with Gasteiger partial charge in [0.2, 0.25) is 0 Å². The molecule has 3 heteroatoms. The molecule has 0 aliphatic carbocycles. The Morgan fingerprint density at radius 1 is 0.821 bits per heavy atom. The molecule has 140 valence electrons. The Morgan fingerprint density at radius 2 is 1.36 bits per heavy atom. The van der Waals surface area contributed by atoms with E-state index in [0.717, 1.165) is 33.1 Å². The molecule has 0 aliphatic heterocycles. The summed E-state index contributed by atoms with van der Waals surface area (Å²) in [5, 5.41) is 1.10. The maximum absolute atomic E-state index is 13.2. The van der Waals surface area contributed by atoms with Gasteiger partial charge in [0, 0.05) is 5.56 Å². The Kier molecular flexibility index (Phi) is 7.47. The molecule has 0 spiro atoms. The van der Waals surface area contributed by atoms with Gasteiger partial charge in [-0.25, -0.2) is 0 Å². The Hall–Kier alpha value is -1.64. The van der Waals surface area contributed by atoms with Crippen LogP contribution in [0.25, 0.3) is 11.1 Å². The molecule has 0 aromatic heterocycles. The molecule has 1 atom stereocenters. The van der Waals surface area contributed by atoms with Gasteiger partial charge in [0.1, 0.15) is 0 Å². The molecule has 0 aliphatic rings. The van der Waals surface area contributed by atoms with Crippen molar-refractivity contribution in [3.8, 4) is 11.1 Å². The van der Waals surface area contributed by atoms with Gasteiger partial charge in [-0.1, -0.05) is 87.5 Å². The van der Waals surface area contributed by atoms with Crippen LogP contribution in [0.4, 0.5) is 0 Å². The van der Waals surface area contributed by atoms with Gasteiger partial charge in [-0.05, 0) is 61.0 Å². The number of rotatable bonds is 4. The zero-order chi connectivity index (χ0) is 19.6. The van der Waals surface area contributed by atoms with Crippen molar-refractivity contribution in [3.05, 3.63) is 89.0 Å². The second-order valence-corrected chi connectivity index (χ2v) is 9.34. The van der Waals surface area contributed by atoms with Crippen LogP contribution in [0.5, 0.6) is 0 Å². The van der Waals surface area contributed by atoms with E-state index in [-0.39, 0.29) is 38.4 Å². The van der Waals surface area contributed by atoms with Crippen molar-refractivity contribution >= 4 is 38.3 Å². The first-order valence-corrected chi connectivity index (χ1v) is 10.3. The van der Waals surface area contributed by atoms with E-state index < -0.39 is 0 Å². The average molecular weight is 382 g/mol. The van der Waals surface area contributed by atoms with E-state index in [0.29, 0.717) is 0 Å². The molecule has 0 heterocycles. The van der Waals surface area contributed by atoms with Crippen LogP contribution in [-0.2, 0) is 5.41 Å². The summed E-state index contributed by atoms with van der Waals surface area (Å²) in [5.41, 5.74) is 6.92. The predicted molar refractivity (Wildman–Crippen MR) is 126 cm³/mol. The average Bonchev–Trinajstić information content (AvgIpc) is 2.61. The van der Waals surface area contributed by atoms with Crippen molar-refractivity contribution in [1.29, 1.82) is 0 Å². The molecule has 0 amide bonds. The SMILES string of the molecule is Cc1cc(C(C)(C)C)cc(C)c1C(=O)Pc1ccccc1-c1ccccc1.[LiH]. The third-order valence-corrected chi connectivity index (χ3v) is 6.07. The van der Waals surface area contributed by atoms with E-state index >= 15 is 0 Å². The van der Waals surface area contributed by atoms with Crippen LogP contribution in [0.2, 0.25) is 0 Å². The number of benzene rings is 3. The van der Waals surface area contributed by atoms with Crippen LogP contribution < -0.4 is 5.30 Å². The summed E-state index contributed by atoms with van der Waals surface area (Å²) in [7, 11) is 0.117. The van der Waals surface area contributed by atoms with E-state index in [1.165, 1.54) is 5.56 Å². The fourth-order valence-corrected chi connectivity index (χ4v) is 4.71. The van der Waals surface area contributed by atoms with Gasteiger partial charge in [-0.3, -0.25) is 4.79 Å². The molecule has 1 unspecified atom stereocenters. The van der Waals surface area contributed by atoms with Crippen molar-refractivity contribution in [3.63, 3.8) is 0 Å². The van der Waals surface area contributed by atoms with Gasteiger partial charge in [0.25, 0.3) is 0 Å². The Balaban J connectivity index is 0.00000280. The van der Waals surface area contributed by atoms with Gasteiger partial charge in [0.15, 0.2) is 5.52 Å². The van der Waals surface area contributed by atoms with Gasteiger partial charge in [-0.2, -0.15) is 0 Å². The molecule has 0 saturated heterocycles. The summed E-state index contributed by atoms with van der Waals surface area (Å²) >= 11 is 0. The number of carbonyl (C=O) groups is 1. The van der Waals surface area contributed by atoms with Crippen molar-refractivity contribution in [1.82, 2.24) is 0 Å². The summed E-state index contributed by atoms with van der Waals surface area (Å²) in [6.07, 6.45) is 0. The standard InChI is InChI=1S/C25H27OP.Li.H/c1-17-15-20(25(3,4)5)16-18(2)23(17)24(26)27-22-14-10-9-13-21(22)19-11-7-6-8-12-19;;/h6-16,27H,1-5H3;;. The second-order valence-electron chi connectivity index (χ2n) is 8.10. The van der Waals surface area contributed by atoms with Crippen molar-refractivity contribution in [2.24, 2.45) is 0 Å². The number of hydrogen-bond acceptors (Lipinski definition) is 1. The summed E-state index contributed by atoms with van der Waals surface area (Å²) in [6.45, 7) is 10.7. The van der Waals surface area contributed by atoms with Gasteiger partial charge >= 0.3 is 18.9 Å². The summed E-state index contributed by atoms with van der Waals surface area (Å²) in [6, 6.07) is 22.9. The number of hydrogen-bond donors (Lipinski definition) is 0. The van der Waals surface area contributed by atoms with Crippen LogP contribution in [0.3, 0.4) is 0 Å². The van der Waals surface area contributed by atoms with Gasteiger partial charge < -0.3 is 0 Å². The minimum absolute atomic E-state index is 0. The van der Waals surface area contributed by atoms with E-state index in [1.807, 2.05) is 30.3 Å². The molecular formula is C25H28LiOP. The van der Waals surface area contributed by atoms with Gasteiger partial charge in [-0.15, -0.1) is 0 Å². The van der Waals surface area contributed by atoms with E-state index in [9.17, 15) is 4.79 Å². The van der Waals surface area contributed by atoms with Crippen molar-refractivity contribution < 1.29 is 4.79 Å². The number of aryl methyl sites for hydroxylation is 2. The van der Waals surface area contributed by atoms with Crippen molar-refractivity contribution in [2.75, 3.05) is 0 Å². The molecule has 0 N–H and O–H groups in total. The Labute approximate surface area is 182 Å². The zero-order valence-electron chi connectivity index (χ0n) is 16.8. The van der Waals surface area contributed by atoms with E-state index in [2.05, 4.69) is 71.0 Å². The second kappa shape index (κ2) is 9.24. The molecule has 28 heavy (non-hydrogen) atoms. The summed E-state index contributed by atoms with van der Waals surface area (Å²) < 4.78 is 0. The predicted octanol–water partition coefficient (Wildman–Crippen LogP) is 5.76. The third kappa shape index (κ3) is 5.04. The number of carbonyl (C=O) groups excluding carboxylic acids is 1. The molecule has 0 bridgehead atoms. The van der Waals surface area contributed by atoms with Crippen LogP contribution >= 0.6 is 8.58 Å². The minimum atomic E-state index is 0. The molecule has 3 aromatic carbocycles. The molecular weight excluding hydrogens is 354 g/mol. The molecule has 0 radical (unpaired) electrons. The summed E-state index contributed by atoms with van der Waals surface area (Å²) in [5.74, 6) is 0. The molecule has 0 fully saturated rings. The molecule has 3 aromatic rings. The quantitative estimate of drug-likeness (QED) is 0.414. The van der Waals surface area contributed by atoms with Crippen LogP contribution in [0.1, 0.15) is 47.8 Å². The van der Waals surface area contributed by atoms with Gasteiger partial charge in [0.05, 0.1) is 0 Å².